The Bertz CT molecular complexity index is 877. The van der Waals surface area contributed by atoms with E-state index in [1.165, 1.54) is 23.5 Å². The van der Waals surface area contributed by atoms with Gasteiger partial charge in [0.25, 0.3) is 0 Å². The van der Waals surface area contributed by atoms with E-state index in [4.69, 9.17) is 9.47 Å². The van der Waals surface area contributed by atoms with E-state index in [-0.39, 0.29) is 35.8 Å². The molecule has 3 unspecified atom stereocenters. The van der Waals surface area contributed by atoms with E-state index >= 15 is 0 Å². The van der Waals surface area contributed by atoms with Crippen LogP contribution < -0.4 is 14.7 Å². The van der Waals surface area contributed by atoms with Crippen molar-refractivity contribution in [3.05, 3.63) is 29.3 Å². The van der Waals surface area contributed by atoms with Crippen molar-refractivity contribution >= 4 is 39.6 Å². The monoisotopic (exact) mass is 542 g/mol. The fraction of sp³-hybridized carbons (Fsp3) is 0.609. The highest BCUT2D eigenvalue weighted by Gasteiger charge is 2.25. The molecule has 35 heavy (non-hydrogen) atoms. The van der Waals surface area contributed by atoms with Crippen LogP contribution in [-0.4, -0.2) is 52.7 Å². The van der Waals surface area contributed by atoms with Crippen molar-refractivity contribution in [1.29, 1.82) is 0 Å². The number of rotatable bonds is 13. The number of carbonyl (C=O) groups is 1. The van der Waals surface area contributed by atoms with Crippen LogP contribution >= 0.6 is 23.5 Å². The van der Waals surface area contributed by atoms with Gasteiger partial charge in [-0.1, -0.05) is 0 Å². The van der Waals surface area contributed by atoms with Crippen molar-refractivity contribution in [2.75, 3.05) is 19.8 Å². The molecule has 12 heteroatoms. The molecule has 0 aliphatic carbocycles. The van der Waals surface area contributed by atoms with Gasteiger partial charge in [-0.05, 0) is 51.2 Å². The minimum absolute atomic E-state index is 0.0405. The van der Waals surface area contributed by atoms with E-state index in [2.05, 4.69) is 14.7 Å². The summed E-state index contributed by atoms with van der Waals surface area (Å²) < 4.78 is 70.0. The highest BCUT2D eigenvalue weighted by molar-refractivity contribution is 8.14. The van der Waals surface area contributed by atoms with E-state index in [0.29, 0.717) is 19.8 Å². The molecule has 1 aromatic carbocycles. The average molecular weight is 543 g/mol. The Kier molecular flexibility index (Phi) is 14.5. The maximum absolute atomic E-state index is 13.8. The number of esters is 1. The Morgan fingerprint density at radius 2 is 1.46 bits per heavy atom. The van der Waals surface area contributed by atoms with Crippen LogP contribution in [0.5, 0.6) is 5.75 Å². The highest BCUT2D eigenvalue weighted by Crippen LogP contribution is 2.26. The number of carbonyl (C=O) groups excluding carboxylic acids is 1. The summed E-state index contributed by atoms with van der Waals surface area (Å²) in [6.07, 6.45) is -0.0381. The van der Waals surface area contributed by atoms with E-state index in [9.17, 15) is 22.4 Å². The van der Waals surface area contributed by atoms with Crippen molar-refractivity contribution in [1.82, 2.24) is 0 Å². The lowest BCUT2D eigenvalue weighted by Crippen LogP contribution is -2.88. The number of hydrogen-bond acceptors (Lipinski definition) is 6. The molecule has 0 spiro atoms. The summed E-state index contributed by atoms with van der Waals surface area (Å²) in [7, 11) is 0. The van der Waals surface area contributed by atoms with Crippen LogP contribution in [-0.2, 0) is 14.3 Å². The van der Waals surface area contributed by atoms with Gasteiger partial charge in [0.05, 0.1) is 6.42 Å². The Hall–Kier alpha value is -1.63. The smallest absolute Gasteiger partial charge is 0.311 e. The van der Waals surface area contributed by atoms with Crippen LogP contribution in [0.1, 0.15) is 54.4 Å². The summed E-state index contributed by atoms with van der Waals surface area (Å²) in [5.41, 5.74) is -0.128. The van der Waals surface area contributed by atoms with Crippen LogP contribution in [0.4, 0.5) is 17.6 Å². The zero-order chi connectivity index (χ0) is 26.5. The first-order chi connectivity index (χ1) is 16.5. The van der Waals surface area contributed by atoms with Crippen LogP contribution in [0.15, 0.2) is 6.07 Å². The van der Waals surface area contributed by atoms with E-state index in [1.807, 2.05) is 41.5 Å². The molecule has 0 saturated carbocycles. The van der Waals surface area contributed by atoms with Gasteiger partial charge in [-0.2, -0.15) is 8.78 Å². The zero-order valence-electron chi connectivity index (χ0n) is 20.8. The SMILES string of the molecule is CCOC(C)SC(C)=[NH+]CC(CCC(=O)Oc1c(F)c(F)cc(F)c1F)[NH+]=C(C)SC(C)OCC. The molecule has 2 N–H and O–H groups in total. The molecule has 0 fully saturated rings. The molecule has 0 aliphatic rings. The standard InChI is InChI=1S/C23H32F4N2O4S2/c1-7-31-15(5)34-13(3)28-12-17(29-14(4)35-16(6)32-8-2)9-10-20(30)33-23-21(26)18(24)11-19(25)22(23)27/h11,15-17H,7-10,12H2,1-6H3/p+2. The second kappa shape index (κ2) is 16.2. The first kappa shape index (κ1) is 31.4. The molecule has 0 radical (unpaired) electrons. The van der Waals surface area contributed by atoms with Crippen LogP contribution in [0.3, 0.4) is 0 Å². The number of hydrogen-bond donors (Lipinski definition) is 2. The average Bonchev–Trinajstić information content (AvgIpc) is 2.77. The second-order valence-corrected chi connectivity index (χ2v) is 10.5. The number of ether oxygens (including phenoxy) is 3. The fourth-order valence-electron chi connectivity index (χ4n) is 2.99. The minimum atomic E-state index is -1.76. The summed E-state index contributed by atoms with van der Waals surface area (Å²) in [5, 5.41) is 1.76. The van der Waals surface area contributed by atoms with Crippen molar-refractivity contribution in [3.63, 3.8) is 0 Å². The maximum atomic E-state index is 13.8. The largest absolute Gasteiger partial charge is 0.420 e. The molecular weight excluding hydrogens is 508 g/mol. The summed E-state index contributed by atoms with van der Waals surface area (Å²) in [4.78, 5) is 18.8. The van der Waals surface area contributed by atoms with Gasteiger partial charge in [0.15, 0.2) is 11.6 Å². The molecule has 0 amide bonds. The lowest BCUT2D eigenvalue weighted by atomic mass is 10.1. The molecule has 0 aliphatic heterocycles. The van der Waals surface area contributed by atoms with E-state index in [1.54, 1.807) is 0 Å². The fourth-order valence-corrected chi connectivity index (χ4v) is 4.79. The van der Waals surface area contributed by atoms with Crippen LogP contribution in [0, 0.1) is 23.3 Å². The molecule has 6 nitrogen and oxygen atoms in total. The van der Waals surface area contributed by atoms with E-state index < -0.39 is 35.0 Å². The first-order valence-electron chi connectivity index (χ1n) is 11.3. The van der Waals surface area contributed by atoms with Gasteiger partial charge in [-0.25, -0.2) is 18.8 Å². The topological polar surface area (TPSA) is 72.7 Å². The van der Waals surface area contributed by atoms with Crippen LogP contribution in [0.2, 0.25) is 0 Å². The number of nitrogens with one attached hydrogen (secondary N) is 2. The maximum Gasteiger partial charge on any atom is 0.311 e. The Balaban J connectivity index is 2.92. The van der Waals surface area contributed by atoms with Gasteiger partial charge >= 0.3 is 5.97 Å². The van der Waals surface area contributed by atoms with Gasteiger partial charge in [0, 0.05) is 39.5 Å². The van der Waals surface area contributed by atoms with Crippen molar-refractivity contribution in [2.45, 2.75) is 71.3 Å². The Labute approximate surface area is 212 Å². The third-order valence-corrected chi connectivity index (χ3v) is 6.38. The van der Waals surface area contributed by atoms with Gasteiger partial charge < -0.3 is 14.2 Å². The quantitative estimate of drug-likeness (QED) is 0.0760. The Morgan fingerprint density at radius 3 is 1.97 bits per heavy atom. The summed E-state index contributed by atoms with van der Waals surface area (Å²) >= 11 is 2.98. The van der Waals surface area contributed by atoms with Crippen LogP contribution in [0.25, 0.3) is 0 Å². The number of benzene rings is 1. The molecule has 0 heterocycles. The summed E-state index contributed by atoms with van der Waals surface area (Å²) in [6, 6.07) is -0.225. The molecule has 0 bridgehead atoms. The first-order valence-corrected chi connectivity index (χ1v) is 13.0. The third-order valence-electron chi connectivity index (χ3n) is 4.48. The molecular formula is C23H34F4N2O4S2+2. The summed E-state index contributed by atoms with van der Waals surface area (Å²) in [6.45, 7) is 13.0. The summed E-state index contributed by atoms with van der Waals surface area (Å²) in [5.74, 6) is -9.22. The Morgan fingerprint density at radius 1 is 0.943 bits per heavy atom. The molecule has 198 valence electrons. The second-order valence-electron chi connectivity index (χ2n) is 7.43. The third kappa shape index (κ3) is 11.8. The van der Waals surface area contributed by atoms with Gasteiger partial charge in [0.1, 0.15) is 10.9 Å². The highest BCUT2D eigenvalue weighted by atomic mass is 32.2. The number of halogens is 4. The molecule has 0 saturated heterocycles. The lowest BCUT2D eigenvalue weighted by molar-refractivity contribution is -0.571. The van der Waals surface area contributed by atoms with Gasteiger partial charge in [-0.15, -0.1) is 0 Å². The molecule has 0 aromatic heterocycles. The normalized spacial score (nSPS) is 15.1. The minimum Gasteiger partial charge on any atom is -0.420 e. The molecule has 3 atom stereocenters. The molecule has 1 rings (SSSR count). The van der Waals surface area contributed by atoms with Gasteiger partial charge in [0.2, 0.25) is 40.1 Å². The van der Waals surface area contributed by atoms with Crippen molar-refractivity contribution in [2.24, 2.45) is 0 Å². The number of thioether (sulfide) groups is 2. The lowest BCUT2D eigenvalue weighted by Gasteiger charge is -2.10. The van der Waals surface area contributed by atoms with Crippen molar-refractivity contribution in [3.8, 4) is 5.75 Å². The zero-order valence-corrected chi connectivity index (χ0v) is 22.4. The van der Waals surface area contributed by atoms with Crippen molar-refractivity contribution < 1.29 is 46.6 Å². The van der Waals surface area contributed by atoms with E-state index in [0.717, 1.165) is 10.1 Å². The predicted octanol–water partition coefficient (Wildman–Crippen LogP) is 2.53. The predicted molar refractivity (Wildman–Crippen MR) is 130 cm³/mol. The molecule has 1 aromatic rings. The van der Waals surface area contributed by atoms with Gasteiger partial charge in [-0.3, -0.25) is 4.79 Å².